The highest BCUT2D eigenvalue weighted by molar-refractivity contribution is 7.10. The van der Waals surface area contributed by atoms with E-state index in [0.29, 0.717) is 6.61 Å². The number of hydrogen-bond acceptors (Lipinski definition) is 4. The fourth-order valence-electron chi connectivity index (χ4n) is 1.97. The Hall–Kier alpha value is -1.39. The van der Waals surface area contributed by atoms with Crippen LogP contribution < -0.4 is 10.1 Å². The van der Waals surface area contributed by atoms with Crippen molar-refractivity contribution in [3.05, 3.63) is 46.4 Å². The van der Waals surface area contributed by atoms with Gasteiger partial charge in [0, 0.05) is 11.1 Å². The van der Waals surface area contributed by atoms with Gasteiger partial charge in [-0.25, -0.2) is 0 Å². The summed E-state index contributed by atoms with van der Waals surface area (Å²) in [6.07, 6.45) is 4.79. The van der Waals surface area contributed by atoms with Gasteiger partial charge >= 0.3 is 0 Å². The van der Waals surface area contributed by atoms with Crippen LogP contribution in [0.2, 0.25) is 0 Å². The molecule has 1 atom stereocenters. The molecule has 1 unspecified atom stereocenters. The number of ether oxygens (including phenoxy) is 1. The first-order valence-corrected chi connectivity index (χ1v) is 7.57. The zero-order chi connectivity index (χ0) is 13.5. The molecule has 0 bridgehead atoms. The second kappa shape index (κ2) is 7.26. The van der Waals surface area contributed by atoms with Gasteiger partial charge in [0.15, 0.2) is 0 Å². The van der Waals surface area contributed by atoms with Crippen LogP contribution in [0.4, 0.5) is 0 Å². The van der Waals surface area contributed by atoms with Crippen molar-refractivity contribution < 1.29 is 4.74 Å². The fraction of sp³-hybridized carbons (Fsp3) is 0.400. The van der Waals surface area contributed by atoms with E-state index >= 15 is 0 Å². The number of nitrogens with one attached hydrogen (secondary N) is 1. The molecule has 0 aliphatic heterocycles. The summed E-state index contributed by atoms with van der Waals surface area (Å²) in [5.41, 5.74) is 1.15. The SMILES string of the molecule is CCCNC(c1cncc(OCC)c1)c1cccs1. The molecule has 1 N–H and O–H groups in total. The van der Waals surface area contributed by atoms with Gasteiger partial charge in [0.1, 0.15) is 5.75 Å². The summed E-state index contributed by atoms with van der Waals surface area (Å²) in [7, 11) is 0. The fourth-order valence-corrected chi connectivity index (χ4v) is 2.79. The topological polar surface area (TPSA) is 34.2 Å². The number of rotatable bonds is 7. The third-order valence-corrected chi connectivity index (χ3v) is 3.74. The molecular weight excluding hydrogens is 256 g/mol. The average molecular weight is 276 g/mol. The van der Waals surface area contributed by atoms with E-state index in [-0.39, 0.29) is 6.04 Å². The highest BCUT2D eigenvalue weighted by Gasteiger charge is 2.15. The Balaban J connectivity index is 2.24. The zero-order valence-corrected chi connectivity index (χ0v) is 12.2. The molecule has 0 aliphatic rings. The van der Waals surface area contributed by atoms with Gasteiger partial charge in [-0.2, -0.15) is 0 Å². The summed E-state index contributed by atoms with van der Waals surface area (Å²) in [4.78, 5) is 5.59. The van der Waals surface area contributed by atoms with Gasteiger partial charge in [-0.15, -0.1) is 11.3 Å². The Kier molecular flexibility index (Phi) is 5.36. The summed E-state index contributed by atoms with van der Waals surface area (Å²) in [5, 5.41) is 5.68. The van der Waals surface area contributed by atoms with Crippen molar-refractivity contribution in [1.82, 2.24) is 10.3 Å². The van der Waals surface area contributed by atoms with Crippen LogP contribution in [0, 0.1) is 0 Å². The number of thiophene rings is 1. The van der Waals surface area contributed by atoms with Crippen molar-refractivity contribution in [2.75, 3.05) is 13.2 Å². The van der Waals surface area contributed by atoms with E-state index in [9.17, 15) is 0 Å². The highest BCUT2D eigenvalue weighted by atomic mass is 32.1. The molecule has 0 saturated heterocycles. The molecule has 102 valence electrons. The van der Waals surface area contributed by atoms with Crippen molar-refractivity contribution in [1.29, 1.82) is 0 Å². The smallest absolute Gasteiger partial charge is 0.137 e. The first kappa shape index (κ1) is 14.0. The number of nitrogens with zero attached hydrogens (tertiary/aromatic N) is 1. The molecule has 0 amide bonds. The van der Waals surface area contributed by atoms with E-state index in [1.807, 2.05) is 13.1 Å². The number of pyridine rings is 1. The normalized spacial score (nSPS) is 12.3. The molecule has 2 aromatic heterocycles. The second-order valence-electron chi connectivity index (χ2n) is 4.29. The highest BCUT2D eigenvalue weighted by Crippen LogP contribution is 2.27. The second-order valence-corrected chi connectivity index (χ2v) is 5.27. The van der Waals surface area contributed by atoms with Gasteiger partial charge in [0.25, 0.3) is 0 Å². The van der Waals surface area contributed by atoms with Gasteiger partial charge in [-0.05, 0) is 43.0 Å². The third-order valence-electron chi connectivity index (χ3n) is 2.80. The lowest BCUT2D eigenvalue weighted by Crippen LogP contribution is -2.22. The van der Waals surface area contributed by atoms with E-state index in [1.54, 1.807) is 17.5 Å². The summed E-state index contributed by atoms with van der Waals surface area (Å²) in [6, 6.07) is 6.52. The number of hydrogen-bond donors (Lipinski definition) is 1. The summed E-state index contributed by atoms with van der Waals surface area (Å²) in [6.45, 7) is 5.81. The molecule has 2 aromatic rings. The van der Waals surface area contributed by atoms with Gasteiger partial charge in [0.05, 0.1) is 18.8 Å². The molecule has 0 fully saturated rings. The van der Waals surface area contributed by atoms with Crippen molar-refractivity contribution in [2.45, 2.75) is 26.3 Å². The maximum atomic E-state index is 5.53. The monoisotopic (exact) mass is 276 g/mol. The molecular formula is C15H20N2OS. The summed E-state index contributed by atoms with van der Waals surface area (Å²) < 4.78 is 5.53. The van der Waals surface area contributed by atoms with Crippen LogP contribution >= 0.6 is 11.3 Å². The lowest BCUT2D eigenvalue weighted by Gasteiger charge is -2.18. The van der Waals surface area contributed by atoms with Crippen molar-refractivity contribution in [3.63, 3.8) is 0 Å². The van der Waals surface area contributed by atoms with Gasteiger partial charge in [0.2, 0.25) is 0 Å². The molecule has 4 heteroatoms. The van der Waals surface area contributed by atoms with E-state index in [2.05, 4.69) is 40.8 Å². The molecule has 3 nitrogen and oxygen atoms in total. The standard InChI is InChI=1S/C15H20N2OS/c1-3-7-17-15(14-6-5-8-19-14)12-9-13(18-4-2)11-16-10-12/h5-6,8-11,15,17H,3-4,7H2,1-2H3. The van der Waals surface area contributed by atoms with E-state index < -0.39 is 0 Å². The van der Waals surface area contributed by atoms with Crippen LogP contribution in [0.1, 0.15) is 36.8 Å². The van der Waals surface area contributed by atoms with E-state index in [4.69, 9.17) is 4.74 Å². The summed E-state index contributed by atoms with van der Waals surface area (Å²) >= 11 is 1.76. The summed E-state index contributed by atoms with van der Waals surface area (Å²) in [5.74, 6) is 0.833. The molecule has 19 heavy (non-hydrogen) atoms. The molecule has 2 rings (SSSR count). The molecule has 0 aromatic carbocycles. The maximum absolute atomic E-state index is 5.53. The van der Waals surface area contributed by atoms with Gasteiger partial charge < -0.3 is 10.1 Å². The van der Waals surface area contributed by atoms with Crippen LogP contribution in [0.15, 0.2) is 36.0 Å². The Bertz CT molecular complexity index is 485. The van der Waals surface area contributed by atoms with Crippen molar-refractivity contribution in [3.8, 4) is 5.75 Å². The third kappa shape index (κ3) is 3.78. The first-order valence-electron chi connectivity index (χ1n) is 6.69. The molecule has 0 radical (unpaired) electrons. The van der Waals surface area contributed by atoms with Crippen LogP contribution in [0.25, 0.3) is 0 Å². The van der Waals surface area contributed by atoms with Gasteiger partial charge in [-0.1, -0.05) is 13.0 Å². The van der Waals surface area contributed by atoms with Crippen molar-refractivity contribution >= 4 is 11.3 Å². The lowest BCUT2D eigenvalue weighted by atomic mass is 10.1. The molecule has 2 heterocycles. The van der Waals surface area contributed by atoms with Crippen LogP contribution in [-0.2, 0) is 0 Å². The van der Waals surface area contributed by atoms with Crippen molar-refractivity contribution in [2.24, 2.45) is 0 Å². The Labute approximate surface area is 118 Å². The Morgan fingerprint density at radius 1 is 1.37 bits per heavy atom. The zero-order valence-electron chi connectivity index (χ0n) is 11.4. The van der Waals surface area contributed by atoms with E-state index in [1.165, 1.54) is 4.88 Å². The minimum absolute atomic E-state index is 0.202. The molecule has 0 spiro atoms. The molecule has 0 aliphatic carbocycles. The molecule has 0 saturated carbocycles. The average Bonchev–Trinajstić information content (AvgIpc) is 2.94. The maximum Gasteiger partial charge on any atom is 0.137 e. The number of aromatic nitrogens is 1. The Morgan fingerprint density at radius 2 is 2.26 bits per heavy atom. The largest absolute Gasteiger partial charge is 0.492 e. The lowest BCUT2D eigenvalue weighted by molar-refractivity contribution is 0.338. The Morgan fingerprint density at radius 3 is 2.95 bits per heavy atom. The van der Waals surface area contributed by atoms with Gasteiger partial charge in [-0.3, -0.25) is 4.98 Å². The van der Waals surface area contributed by atoms with Crippen LogP contribution in [0.5, 0.6) is 5.75 Å². The van der Waals surface area contributed by atoms with Crippen LogP contribution in [0.3, 0.4) is 0 Å². The first-order chi connectivity index (χ1) is 9.35. The van der Waals surface area contributed by atoms with E-state index in [0.717, 1.165) is 24.3 Å². The predicted octanol–water partition coefficient (Wildman–Crippen LogP) is 3.63. The quantitative estimate of drug-likeness (QED) is 0.838. The predicted molar refractivity (Wildman–Crippen MR) is 79.9 cm³/mol. The minimum atomic E-state index is 0.202. The van der Waals surface area contributed by atoms with Crippen LogP contribution in [-0.4, -0.2) is 18.1 Å². The minimum Gasteiger partial charge on any atom is -0.492 e.